The van der Waals surface area contributed by atoms with Gasteiger partial charge in [0.25, 0.3) is 0 Å². The smallest absolute Gasteiger partial charge is 0.124 e. The number of hydrogen-bond acceptors (Lipinski definition) is 3. The predicted molar refractivity (Wildman–Crippen MR) is 285 cm³/mol. The van der Waals surface area contributed by atoms with Crippen LogP contribution in [0.2, 0.25) is 19.6 Å². The summed E-state index contributed by atoms with van der Waals surface area (Å²) in [7, 11) is -1.67. The first kappa shape index (κ1) is 43.9. The molecule has 3 heterocycles. The molecule has 0 saturated carbocycles. The standard InChI is InChI=1S/C43H26FN2S.C18H24NSi.Ir/c44-33-26-34(29-14-6-2-7-15-29)42(35(27-33)30-16-8-3-9-17-30)46-39-19-11-10-18-38(39)45-43(46)32-21-23-41-37(25-32)36-24-31(20-22-40(36)47-41)28-12-4-1-5-13-28;1-14(2)11-16-12-17(15-9-7-6-8-10-15)19-13-18(16)20(3,4)5;/h1-20,22-27H;6-9,12-14H,11H2,1-5H3;/q2*-1;/i;11D2;. The van der Waals surface area contributed by atoms with Crippen LogP contribution in [0.15, 0.2) is 194 Å². The van der Waals surface area contributed by atoms with Gasteiger partial charge in [-0.25, -0.2) is 4.39 Å². The average molecular weight is 1100 g/mol. The van der Waals surface area contributed by atoms with Gasteiger partial charge in [0.1, 0.15) is 5.82 Å². The van der Waals surface area contributed by atoms with E-state index in [0.717, 1.165) is 72.4 Å². The van der Waals surface area contributed by atoms with Gasteiger partial charge in [-0.1, -0.05) is 160 Å². The fourth-order valence-electron chi connectivity index (χ4n) is 8.79. The maximum absolute atomic E-state index is 15.6. The van der Waals surface area contributed by atoms with Gasteiger partial charge in [-0.15, -0.1) is 59.7 Å². The van der Waals surface area contributed by atoms with Gasteiger partial charge in [-0.05, 0) is 91.9 Å². The van der Waals surface area contributed by atoms with Crippen molar-refractivity contribution in [3.8, 4) is 61.7 Å². The number of nitrogens with zero attached hydrogens (tertiary/aromatic N) is 3. The summed E-state index contributed by atoms with van der Waals surface area (Å²) in [6.07, 6.45) is 0.528. The van der Waals surface area contributed by atoms with Crippen LogP contribution in [-0.4, -0.2) is 22.6 Å². The third kappa shape index (κ3) is 9.58. The minimum Gasteiger partial charge on any atom is -0.332 e. The molecule has 0 aliphatic rings. The zero-order valence-electron chi connectivity index (χ0n) is 40.5. The number of benzene rings is 8. The molecule has 0 atom stereocenters. The first-order valence-corrected chi connectivity index (χ1v) is 27.0. The second-order valence-electron chi connectivity index (χ2n) is 18.1. The molecule has 1 radical (unpaired) electrons. The summed E-state index contributed by atoms with van der Waals surface area (Å²) in [5.41, 5.74) is 11.9. The number of hydrogen-bond donors (Lipinski definition) is 0. The Morgan fingerprint density at radius 2 is 1.26 bits per heavy atom. The third-order valence-electron chi connectivity index (χ3n) is 11.9. The van der Waals surface area contributed by atoms with Gasteiger partial charge in [0.15, 0.2) is 0 Å². The molecule has 0 aliphatic heterocycles. The van der Waals surface area contributed by atoms with E-state index in [9.17, 15) is 0 Å². The van der Waals surface area contributed by atoms with Crippen molar-refractivity contribution in [1.29, 1.82) is 0 Å². The third-order valence-corrected chi connectivity index (χ3v) is 15.1. The van der Waals surface area contributed by atoms with Crippen LogP contribution in [0.3, 0.4) is 0 Å². The van der Waals surface area contributed by atoms with Crippen molar-refractivity contribution in [2.24, 2.45) is 5.92 Å². The van der Waals surface area contributed by atoms with E-state index in [2.05, 4.69) is 102 Å². The molecule has 0 unspecified atom stereocenters. The molecular weight excluding hydrogens is 1050 g/mol. The minimum atomic E-state index is -1.67. The van der Waals surface area contributed by atoms with Crippen molar-refractivity contribution < 1.29 is 27.2 Å². The van der Waals surface area contributed by atoms with E-state index in [-0.39, 0.29) is 31.8 Å². The molecule has 0 amide bonds. The molecule has 11 rings (SSSR count). The predicted octanol–water partition coefficient (Wildman–Crippen LogP) is 16.3. The Labute approximate surface area is 420 Å². The van der Waals surface area contributed by atoms with E-state index in [0.29, 0.717) is 0 Å². The molecule has 68 heavy (non-hydrogen) atoms. The molecule has 0 fully saturated rings. The fourth-order valence-corrected chi connectivity index (χ4v) is 11.2. The molecule has 0 aliphatic carbocycles. The molecule has 8 aromatic carbocycles. The Bertz CT molecular complexity index is 3550. The van der Waals surface area contributed by atoms with Gasteiger partial charge >= 0.3 is 0 Å². The van der Waals surface area contributed by atoms with Gasteiger partial charge in [0.2, 0.25) is 0 Å². The quantitative estimate of drug-likeness (QED) is 0.107. The summed E-state index contributed by atoms with van der Waals surface area (Å²) in [6.45, 7) is 10.6. The van der Waals surface area contributed by atoms with Crippen LogP contribution < -0.4 is 5.19 Å². The number of rotatable bonds is 9. The number of aromatic nitrogens is 3. The van der Waals surface area contributed by atoms with Crippen LogP contribution in [0.4, 0.5) is 4.39 Å². The number of para-hydroxylation sites is 2. The van der Waals surface area contributed by atoms with Crippen molar-refractivity contribution in [2.45, 2.75) is 39.9 Å². The van der Waals surface area contributed by atoms with Crippen molar-refractivity contribution in [1.82, 2.24) is 14.5 Å². The molecule has 0 spiro atoms. The van der Waals surface area contributed by atoms with E-state index >= 15 is 4.39 Å². The largest absolute Gasteiger partial charge is 0.332 e. The van der Waals surface area contributed by atoms with Crippen LogP contribution in [-0.2, 0) is 26.5 Å². The van der Waals surface area contributed by atoms with Crippen LogP contribution in [0.1, 0.15) is 22.2 Å². The number of pyridine rings is 1. The first-order chi connectivity index (χ1) is 33.3. The monoisotopic (exact) mass is 1100 g/mol. The second kappa shape index (κ2) is 19.9. The van der Waals surface area contributed by atoms with Crippen LogP contribution in [0, 0.1) is 23.9 Å². The molecule has 0 bridgehead atoms. The summed E-state index contributed by atoms with van der Waals surface area (Å²) in [4.78, 5) is 9.81. The maximum atomic E-state index is 15.6. The van der Waals surface area contributed by atoms with Crippen molar-refractivity contribution in [3.63, 3.8) is 0 Å². The van der Waals surface area contributed by atoms with Crippen LogP contribution in [0.5, 0.6) is 0 Å². The van der Waals surface area contributed by atoms with E-state index in [1.165, 1.54) is 31.3 Å². The summed E-state index contributed by atoms with van der Waals surface area (Å²) in [6, 6.07) is 69.4. The Kier molecular flexibility index (Phi) is 12.9. The van der Waals surface area contributed by atoms with Gasteiger partial charge < -0.3 is 9.55 Å². The fraction of sp³-hybridized carbons (Fsp3) is 0.115. The molecule has 0 N–H and O–H groups in total. The van der Waals surface area contributed by atoms with E-state index in [1.54, 1.807) is 23.5 Å². The first-order valence-electron chi connectivity index (χ1n) is 23.7. The van der Waals surface area contributed by atoms with Crippen molar-refractivity contribution in [3.05, 3.63) is 218 Å². The Balaban J connectivity index is 0.000000224. The topological polar surface area (TPSA) is 30.7 Å². The van der Waals surface area contributed by atoms with Crippen LogP contribution >= 0.6 is 11.3 Å². The van der Waals surface area contributed by atoms with E-state index in [4.69, 9.17) is 7.73 Å². The van der Waals surface area contributed by atoms with Crippen molar-refractivity contribution >= 4 is 55.8 Å². The Morgan fingerprint density at radius 3 is 1.90 bits per heavy atom. The van der Waals surface area contributed by atoms with Gasteiger partial charge in [-0.3, -0.25) is 4.98 Å². The minimum absolute atomic E-state index is 0. The SMILES string of the molecule is Fc1cc(-c2ccccc2)c(-n2c(-c3[c-]cc4sc5ccc(-c6ccccc6)cc5c4c3)nc3ccccc32)c(-c2ccccc2)c1.[2H]C([2H])(c1cc(-c2[c-]cccc2)ncc1[Si](C)(C)C)C(C)C.[Ir]. The molecule has 3 aromatic heterocycles. The number of halogens is 1. The Morgan fingerprint density at radius 1 is 0.647 bits per heavy atom. The van der Waals surface area contributed by atoms with Gasteiger partial charge in [0, 0.05) is 44.9 Å². The number of thiophene rings is 1. The average Bonchev–Trinajstić information content (AvgIpc) is 3.95. The molecule has 7 heteroatoms. The van der Waals surface area contributed by atoms with Gasteiger partial charge in [-0.2, -0.15) is 11.3 Å². The normalized spacial score (nSPS) is 12.1. The summed E-state index contributed by atoms with van der Waals surface area (Å²) in [5.74, 6) is 0.384. The van der Waals surface area contributed by atoms with Crippen LogP contribution in [0.25, 0.3) is 92.9 Å². The maximum Gasteiger partial charge on any atom is 0.124 e. The number of imidazole rings is 1. The molecule has 0 saturated heterocycles. The second-order valence-corrected chi connectivity index (χ2v) is 24.2. The van der Waals surface area contributed by atoms with Gasteiger partial charge in [0.05, 0.1) is 30.6 Å². The summed E-state index contributed by atoms with van der Waals surface area (Å²) in [5, 5.41) is 3.48. The molecule has 3 nitrogen and oxygen atoms in total. The molecule has 11 aromatic rings. The molecular formula is C61H50FIrN3SSi-2. The number of fused-ring (bicyclic) bond motifs is 4. The summed E-state index contributed by atoms with van der Waals surface area (Å²) < 4.78 is 37.3. The van der Waals surface area contributed by atoms with E-state index < -0.39 is 14.4 Å². The molecule has 337 valence electrons. The Hall–Kier alpha value is -6.60. The zero-order chi connectivity index (χ0) is 47.9. The summed E-state index contributed by atoms with van der Waals surface area (Å²) >= 11 is 1.78. The van der Waals surface area contributed by atoms with Crippen molar-refractivity contribution in [2.75, 3.05) is 0 Å². The zero-order valence-corrected chi connectivity index (χ0v) is 42.7. The van der Waals surface area contributed by atoms with E-state index in [1.807, 2.05) is 135 Å².